The number of alkyl halides is 3. The third-order valence-electron chi connectivity index (χ3n) is 6.20. The number of benzene rings is 1. The summed E-state index contributed by atoms with van der Waals surface area (Å²) in [4.78, 5) is 23.5. The molecule has 0 bridgehead atoms. The van der Waals surface area contributed by atoms with Crippen LogP contribution in [0.15, 0.2) is 73.2 Å². The Morgan fingerprint density at radius 1 is 1.02 bits per heavy atom. The van der Waals surface area contributed by atoms with Crippen LogP contribution >= 0.6 is 37.2 Å². The van der Waals surface area contributed by atoms with E-state index in [9.17, 15) is 18.0 Å². The predicted octanol–water partition coefficient (Wildman–Crippen LogP) is 6.11. The standard InChI is InChI=1S/C27H26F3N7O2.I2.V/c28-27(29,30)24-17-23(19-3-1-9-31-18-19)35-37(24)21-7-5-20(6-8-21)34-26(38)22-4-2-10-32-25(22)33-11-12-36-13-15-39-16-14-36;1-2;/h1-10,17-18H,11-16H2,(H,32,33)(H,34,38);;. The zero-order valence-corrected chi connectivity index (χ0v) is 27.8. The molecular weight excluding hydrogens is 816 g/mol. The monoisotopic (exact) mass is 842 g/mol. The normalized spacial score (nSPS) is 13.4. The Labute approximate surface area is 276 Å². The minimum absolute atomic E-state index is 0. The molecule has 1 aromatic carbocycles. The van der Waals surface area contributed by atoms with Crippen LogP contribution in [0.5, 0.6) is 0 Å². The van der Waals surface area contributed by atoms with E-state index >= 15 is 0 Å². The van der Waals surface area contributed by atoms with E-state index in [1.165, 1.54) is 36.7 Å². The number of morpholine rings is 1. The number of carbonyl (C=O) groups is 1. The van der Waals surface area contributed by atoms with Crippen molar-refractivity contribution in [3.63, 3.8) is 0 Å². The molecule has 2 N–H and O–H groups in total. The maximum Gasteiger partial charge on any atom is 0.433 e. The maximum absolute atomic E-state index is 13.8. The molecule has 0 aliphatic carbocycles. The Balaban J connectivity index is 0.00000158. The van der Waals surface area contributed by atoms with Crippen molar-refractivity contribution in [3.05, 3.63) is 84.4 Å². The number of nitrogens with zero attached hydrogens (tertiary/aromatic N) is 5. The second-order valence-electron chi connectivity index (χ2n) is 8.85. The fourth-order valence-corrected chi connectivity index (χ4v) is 4.21. The quantitative estimate of drug-likeness (QED) is 0.207. The van der Waals surface area contributed by atoms with Crippen LogP contribution in [0.25, 0.3) is 16.9 Å². The van der Waals surface area contributed by atoms with Crippen molar-refractivity contribution >= 4 is 54.6 Å². The Bertz CT molecular complexity index is 1420. The van der Waals surface area contributed by atoms with Gasteiger partial charge in [-0.25, -0.2) is 9.67 Å². The van der Waals surface area contributed by atoms with Crippen molar-refractivity contribution in [3.8, 4) is 16.9 Å². The number of nitrogens with one attached hydrogen (secondary N) is 2. The number of ether oxygens (including phenoxy) is 1. The molecule has 9 nitrogen and oxygen atoms in total. The van der Waals surface area contributed by atoms with Crippen molar-refractivity contribution in [1.29, 1.82) is 0 Å². The molecule has 0 saturated carbocycles. The molecule has 4 heterocycles. The van der Waals surface area contributed by atoms with Gasteiger partial charge in [0.05, 0.1) is 30.2 Å². The average molecular weight is 842 g/mol. The van der Waals surface area contributed by atoms with Crippen LogP contribution in [-0.2, 0) is 29.5 Å². The van der Waals surface area contributed by atoms with E-state index in [1.807, 2.05) is 0 Å². The molecule has 221 valence electrons. The van der Waals surface area contributed by atoms with Crippen molar-refractivity contribution < 1.29 is 41.3 Å². The maximum atomic E-state index is 13.8. The topological polar surface area (TPSA) is 97.2 Å². The second kappa shape index (κ2) is 16.6. The van der Waals surface area contributed by atoms with E-state index < -0.39 is 17.8 Å². The van der Waals surface area contributed by atoms with Crippen molar-refractivity contribution in [1.82, 2.24) is 24.6 Å². The van der Waals surface area contributed by atoms with Gasteiger partial charge in [0.15, 0.2) is 0 Å². The Morgan fingerprint density at radius 2 is 1.74 bits per heavy atom. The van der Waals surface area contributed by atoms with Crippen molar-refractivity contribution in [2.45, 2.75) is 6.18 Å². The van der Waals surface area contributed by atoms with Crippen LogP contribution in [0.4, 0.5) is 24.7 Å². The first-order chi connectivity index (χ1) is 19.9. The third kappa shape index (κ3) is 9.13. The number of amides is 1. The van der Waals surface area contributed by atoms with Crippen LogP contribution in [-0.4, -0.2) is 69.9 Å². The van der Waals surface area contributed by atoms with Crippen LogP contribution in [0.3, 0.4) is 0 Å². The minimum atomic E-state index is -4.62. The number of pyridine rings is 2. The van der Waals surface area contributed by atoms with Gasteiger partial charge in [0.1, 0.15) is 11.5 Å². The van der Waals surface area contributed by atoms with Crippen molar-refractivity contribution in [2.75, 3.05) is 50.0 Å². The van der Waals surface area contributed by atoms with E-state index in [0.717, 1.165) is 30.4 Å². The minimum Gasteiger partial charge on any atom is -0.379 e. The molecule has 5 rings (SSSR count). The van der Waals surface area contributed by atoms with Crippen LogP contribution < -0.4 is 10.6 Å². The smallest absolute Gasteiger partial charge is 0.379 e. The van der Waals surface area contributed by atoms with Crippen molar-refractivity contribution in [2.24, 2.45) is 0 Å². The number of anilines is 2. The van der Waals surface area contributed by atoms with E-state index in [1.54, 1.807) is 30.5 Å². The van der Waals surface area contributed by atoms with Gasteiger partial charge in [-0.15, -0.1) is 0 Å². The van der Waals surface area contributed by atoms with Gasteiger partial charge in [0.2, 0.25) is 0 Å². The Kier molecular flexibility index (Phi) is 13.5. The summed E-state index contributed by atoms with van der Waals surface area (Å²) >= 11 is 4.24. The molecule has 1 aliphatic heterocycles. The molecule has 1 fully saturated rings. The molecule has 15 heteroatoms. The van der Waals surface area contributed by atoms with E-state index in [0.29, 0.717) is 42.4 Å². The van der Waals surface area contributed by atoms with E-state index in [2.05, 4.69) is 67.8 Å². The molecule has 1 aliphatic rings. The number of hydrogen-bond donors (Lipinski definition) is 2. The molecule has 0 unspecified atom stereocenters. The van der Waals surface area contributed by atoms with Gasteiger partial charge in [-0.1, -0.05) is 0 Å². The summed E-state index contributed by atoms with van der Waals surface area (Å²) < 4.78 is 47.5. The molecule has 0 atom stereocenters. The third-order valence-corrected chi connectivity index (χ3v) is 6.20. The van der Waals surface area contributed by atoms with Gasteiger partial charge in [-0.2, -0.15) is 18.3 Å². The summed E-state index contributed by atoms with van der Waals surface area (Å²) in [7, 11) is 0. The zero-order valence-electron chi connectivity index (χ0n) is 22.1. The number of hydrogen-bond acceptors (Lipinski definition) is 7. The number of rotatable bonds is 8. The molecule has 0 spiro atoms. The summed E-state index contributed by atoms with van der Waals surface area (Å²) in [5, 5.41) is 10.2. The Hall–Kier alpha value is -2.25. The Morgan fingerprint density at radius 3 is 2.40 bits per heavy atom. The second-order valence-corrected chi connectivity index (χ2v) is 8.85. The molecule has 42 heavy (non-hydrogen) atoms. The molecule has 4 aromatic rings. The number of aromatic nitrogens is 4. The summed E-state index contributed by atoms with van der Waals surface area (Å²) in [6.07, 6.45) is -0.0274. The summed E-state index contributed by atoms with van der Waals surface area (Å²) in [6, 6.07) is 13.6. The average Bonchev–Trinajstić information content (AvgIpc) is 3.47. The largest absolute Gasteiger partial charge is 0.433 e. The number of carbonyl (C=O) groups excluding carboxylic acids is 1. The van der Waals surface area contributed by atoms with Crippen LogP contribution in [0.1, 0.15) is 16.1 Å². The summed E-state index contributed by atoms with van der Waals surface area (Å²) in [6.45, 7) is 4.54. The van der Waals surface area contributed by atoms with Gasteiger partial charge < -0.3 is 15.4 Å². The van der Waals surface area contributed by atoms with E-state index in [4.69, 9.17) is 4.74 Å². The summed E-state index contributed by atoms with van der Waals surface area (Å²) in [5.74, 6) is 0.0628. The van der Waals surface area contributed by atoms with Gasteiger partial charge in [0.25, 0.3) is 5.91 Å². The first-order valence-corrected chi connectivity index (χ1v) is 18.8. The molecule has 3 aromatic heterocycles. The van der Waals surface area contributed by atoms with Gasteiger partial charge in [-0.3, -0.25) is 14.7 Å². The molecule has 1 amide bonds. The van der Waals surface area contributed by atoms with Gasteiger partial charge in [-0.05, 0) is 54.6 Å². The fourth-order valence-electron chi connectivity index (χ4n) is 4.21. The number of halogens is 5. The molecular formula is C27H26F3I2N7O2V. The van der Waals surface area contributed by atoms with E-state index in [-0.39, 0.29) is 29.9 Å². The van der Waals surface area contributed by atoms with Gasteiger partial charge in [0, 0.05) is 112 Å². The SMILES string of the molecule is II.O=C(Nc1ccc(-n2nc(-c3cccnc3)cc2C(F)(F)F)cc1)c1cccnc1NCCN1CCOCC1.[V]. The summed E-state index contributed by atoms with van der Waals surface area (Å²) in [5.41, 5.74) is 0.675. The predicted molar refractivity (Wildman–Crippen MR) is 168 cm³/mol. The van der Waals surface area contributed by atoms with Gasteiger partial charge >= 0.3 is 6.18 Å². The van der Waals surface area contributed by atoms with Crippen LogP contribution in [0, 0.1) is 0 Å². The zero-order chi connectivity index (χ0) is 29.2. The van der Waals surface area contributed by atoms with Crippen LogP contribution in [0.2, 0.25) is 0 Å². The molecule has 1 radical (unpaired) electrons. The first-order valence-electron chi connectivity index (χ1n) is 12.5. The fraction of sp³-hybridized carbons (Fsp3) is 0.259. The first kappa shape index (κ1) is 34.2. The molecule has 1 saturated heterocycles.